The summed E-state index contributed by atoms with van der Waals surface area (Å²) in [4.78, 5) is 10.7. The van der Waals surface area contributed by atoms with Crippen molar-refractivity contribution in [2.45, 2.75) is 20.0 Å². The molecule has 6 nitrogen and oxygen atoms in total. The van der Waals surface area contributed by atoms with Gasteiger partial charge < -0.3 is 16.4 Å². The van der Waals surface area contributed by atoms with Crippen molar-refractivity contribution in [3.05, 3.63) is 42.2 Å². The number of hydrogen-bond donors (Lipinski definition) is 3. The van der Waals surface area contributed by atoms with Crippen molar-refractivity contribution >= 4 is 17.4 Å². The summed E-state index contributed by atoms with van der Waals surface area (Å²) in [6, 6.07) is 6.79. The predicted molar refractivity (Wildman–Crippen MR) is 74.9 cm³/mol. The van der Waals surface area contributed by atoms with Crippen molar-refractivity contribution in [1.29, 1.82) is 0 Å². The Bertz CT molecular complexity index is 546. The Hall–Kier alpha value is -2.50. The molecule has 0 atom stereocenters. The maximum Gasteiger partial charge on any atom is 0.316 e. The van der Waals surface area contributed by atoms with Crippen LogP contribution in [0.15, 0.2) is 36.7 Å². The minimum Gasteiger partial charge on any atom is -0.381 e. The first-order valence-corrected chi connectivity index (χ1v) is 6.09. The number of urea groups is 1. The number of rotatable bonds is 5. The van der Waals surface area contributed by atoms with Crippen LogP contribution in [-0.2, 0) is 13.1 Å². The summed E-state index contributed by atoms with van der Waals surface area (Å²) in [5.41, 5.74) is 7.81. The molecule has 6 heteroatoms. The van der Waals surface area contributed by atoms with E-state index in [1.54, 1.807) is 12.1 Å². The minimum absolute atomic E-state index is 0.562. The van der Waals surface area contributed by atoms with Gasteiger partial charge in [-0.15, -0.1) is 0 Å². The van der Waals surface area contributed by atoms with E-state index >= 15 is 0 Å². The average Bonchev–Trinajstić information content (AvgIpc) is 2.85. The number of carbonyl (C=O) groups excluding carboxylic acids is 1. The van der Waals surface area contributed by atoms with Crippen LogP contribution in [0.1, 0.15) is 12.5 Å². The molecule has 100 valence electrons. The number of amides is 2. The molecule has 2 rings (SSSR count). The Morgan fingerprint density at radius 1 is 1.32 bits per heavy atom. The first-order valence-electron chi connectivity index (χ1n) is 6.09. The number of nitrogens with one attached hydrogen (secondary N) is 2. The number of hydrogen-bond acceptors (Lipinski definition) is 3. The van der Waals surface area contributed by atoms with E-state index in [2.05, 4.69) is 22.7 Å². The Morgan fingerprint density at radius 2 is 2.00 bits per heavy atom. The maximum atomic E-state index is 10.7. The molecule has 0 aliphatic heterocycles. The summed E-state index contributed by atoms with van der Waals surface area (Å²) in [5.74, 6) is 0. The van der Waals surface area contributed by atoms with E-state index in [0.717, 1.165) is 17.8 Å². The van der Waals surface area contributed by atoms with Crippen molar-refractivity contribution in [3.63, 3.8) is 0 Å². The van der Waals surface area contributed by atoms with Gasteiger partial charge in [0.25, 0.3) is 0 Å². The second-order valence-corrected chi connectivity index (χ2v) is 4.12. The zero-order valence-electron chi connectivity index (χ0n) is 10.8. The number of primary amides is 1. The van der Waals surface area contributed by atoms with Crippen LogP contribution < -0.4 is 16.4 Å². The lowest BCUT2D eigenvalue weighted by molar-refractivity contribution is 0.259. The van der Waals surface area contributed by atoms with Crippen LogP contribution in [0.5, 0.6) is 0 Å². The lowest BCUT2D eigenvalue weighted by Crippen LogP contribution is -2.19. The highest BCUT2D eigenvalue weighted by Gasteiger charge is 1.99. The summed E-state index contributed by atoms with van der Waals surface area (Å²) in [6.07, 6.45) is 3.86. The molecule has 0 fully saturated rings. The van der Waals surface area contributed by atoms with Crippen molar-refractivity contribution in [2.24, 2.45) is 5.73 Å². The Morgan fingerprint density at radius 3 is 2.58 bits per heavy atom. The van der Waals surface area contributed by atoms with E-state index in [1.807, 2.05) is 29.2 Å². The average molecular weight is 259 g/mol. The molecule has 1 heterocycles. The highest BCUT2D eigenvalue weighted by Crippen LogP contribution is 2.14. The SMILES string of the molecule is CCn1cc(CNc2ccc(NC(N)=O)cc2)cn1. The van der Waals surface area contributed by atoms with Crippen molar-refractivity contribution in [3.8, 4) is 0 Å². The van der Waals surface area contributed by atoms with Gasteiger partial charge in [0, 0.05) is 36.2 Å². The van der Waals surface area contributed by atoms with E-state index in [9.17, 15) is 4.79 Å². The zero-order chi connectivity index (χ0) is 13.7. The second kappa shape index (κ2) is 5.90. The van der Waals surface area contributed by atoms with Gasteiger partial charge in [0.2, 0.25) is 0 Å². The highest BCUT2D eigenvalue weighted by molar-refractivity contribution is 5.87. The van der Waals surface area contributed by atoms with E-state index in [-0.39, 0.29) is 0 Å². The number of aromatic nitrogens is 2. The van der Waals surface area contributed by atoms with Crippen molar-refractivity contribution in [1.82, 2.24) is 9.78 Å². The van der Waals surface area contributed by atoms with E-state index in [1.165, 1.54) is 0 Å². The third-order valence-corrected chi connectivity index (χ3v) is 2.66. The third-order valence-electron chi connectivity index (χ3n) is 2.66. The molecule has 0 aliphatic carbocycles. The normalized spacial score (nSPS) is 10.2. The number of nitrogens with two attached hydrogens (primary N) is 1. The zero-order valence-corrected chi connectivity index (χ0v) is 10.8. The topological polar surface area (TPSA) is 85.0 Å². The molecule has 0 bridgehead atoms. The van der Waals surface area contributed by atoms with Gasteiger partial charge in [-0.05, 0) is 31.2 Å². The van der Waals surface area contributed by atoms with E-state index in [4.69, 9.17) is 5.73 Å². The quantitative estimate of drug-likeness (QED) is 0.767. The van der Waals surface area contributed by atoms with Gasteiger partial charge in [-0.2, -0.15) is 5.10 Å². The van der Waals surface area contributed by atoms with E-state index < -0.39 is 6.03 Å². The number of anilines is 2. The summed E-state index contributed by atoms with van der Waals surface area (Å²) in [6.45, 7) is 3.63. The predicted octanol–water partition coefficient (Wildman–Crippen LogP) is 2.01. The van der Waals surface area contributed by atoms with Crippen LogP contribution in [0.4, 0.5) is 16.2 Å². The number of aryl methyl sites for hydroxylation is 1. The van der Waals surface area contributed by atoms with Crippen LogP contribution in [0.2, 0.25) is 0 Å². The molecule has 0 saturated heterocycles. The lowest BCUT2D eigenvalue weighted by Gasteiger charge is -2.06. The lowest BCUT2D eigenvalue weighted by atomic mass is 10.2. The molecule has 19 heavy (non-hydrogen) atoms. The molecule has 0 radical (unpaired) electrons. The summed E-state index contributed by atoms with van der Waals surface area (Å²) in [7, 11) is 0. The Balaban J connectivity index is 1.90. The number of benzene rings is 1. The summed E-state index contributed by atoms with van der Waals surface area (Å²) < 4.78 is 1.89. The first-order chi connectivity index (χ1) is 9.17. The summed E-state index contributed by atoms with van der Waals surface area (Å²) >= 11 is 0. The van der Waals surface area contributed by atoms with Gasteiger partial charge in [-0.3, -0.25) is 4.68 Å². The fourth-order valence-electron chi connectivity index (χ4n) is 1.69. The molecule has 1 aromatic heterocycles. The van der Waals surface area contributed by atoms with Gasteiger partial charge in [0.1, 0.15) is 0 Å². The van der Waals surface area contributed by atoms with Crippen LogP contribution in [-0.4, -0.2) is 15.8 Å². The van der Waals surface area contributed by atoms with Gasteiger partial charge in [0.05, 0.1) is 6.20 Å². The third kappa shape index (κ3) is 3.74. The van der Waals surface area contributed by atoms with Crippen LogP contribution in [0.25, 0.3) is 0 Å². The Kier molecular flexibility index (Phi) is 4.02. The monoisotopic (exact) mass is 259 g/mol. The second-order valence-electron chi connectivity index (χ2n) is 4.12. The highest BCUT2D eigenvalue weighted by atomic mass is 16.2. The van der Waals surface area contributed by atoms with Gasteiger partial charge in [-0.25, -0.2) is 4.79 Å². The van der Waals surface area contributed by atoms with Crippen molar-refractivity contribution < 1.29 is 4.79 Å². The molecular formula is C13H17N5O. The molecule has 0 saturated carbocycles. The standard InChI is InChI=1S/C13H17N5O/c1-2-18-9-10(8-16-18)7-15-11-3-5-12(6-4-11)17-13(14)19/h3-6,8-9,15H,2,7H2,1H3,(H3,14,17,19). The first kappa shape index (κ1) is 12.9. The van der Waals surface area contributed by atoms with Crippen LogP contribution >= 0.6 is 0 Å². The molecule has 2 amide bonds. The fraction of sp³-hybridized carbons (Fsp3) is 0.231. The molecule has 2 aromatic rings. The molecule has 4 N–H and O–H groups in total. The number of carbonyl (C=O) groups is 1. The molecule has 1 aromatic carbocycles. The Labute approximate surface area is 111 Å². The van der Waals surface area contributed by atoms with E-state index in [0.29, 0.717) is 12.2 Å². The molecule has 0 unspecified atom stereocenters. The molecule has 0 spiro atoms. The molecule has 0 aliphatic rings. The minimum atomic E-state index is -0.562. The summed E-state index contributed by atoms with van der Waals surface area (Å²) in [5, 5.41) is 10.0. The van der Waals surface area contributed by atoms with Crippen molar-refractivity contribution in [2.75, 3.05) is 10.6 Å². The van der Waals surface area contributed by atoms with Gasteiger partial charge in [0.15, 0.2) is 0 Å². The largest absolute Gasteiger partial charge is 0.381 e. The van der Waals surface area contributed by atoms with Gasteiger partial charge in [-0.1, -0.05) is 0 Å². The number of nitrogens with zero attached hydrogens (tertiary/aromatic N) is 2. The van der Waals surface area contributed by atoms with Crippen LogP contribution in [0, 0.1) is 0 Å². The smallest absolute Gasteiger partial charge is 0.316 e. The maximum absolute atomic E-state index is 10.7. The van der Waals surface area contributed by atoms with Gasteiger partial charge >= 0.3 is 6.03 Å². The van der Waals surface area contributed by atoms with Crippen LogP contribution in [0.3, 0.4) is 0 Å². The molecular weight excluding hydrogens is 242 g/mol. The fourth-order valence-corrected chi connectivity index (χ4v) is 1.69.